The highest BCUT2D eigenvalue weighted by molar-refractivity contribution is 5.98. The van der Waals surface area contributed by atoms with Crippen LogP contribution in [0.3, 0.4) is 0 Å². The van der Waals surface area contributed by atoms with Gasteiger partial charge in [-0.1, -0.05) is 12.1 Å². The number of piperidine rings is 1. The Morgan fingerprint density at radius 1 is 1.07 bits per heavy atom. The molecule has 5 aromatic rings. The van der Waals surface area contributed by atoms with Crippen LogP contribution in [0.25, 0.3) is 33.4 Å². The summed E-state index contributed by atoms with van der Waals surface area (Å²) >= 11 is 0. The van der Waals surface area contributed by atoms with Crippen molar-refractivity contribution < 1.29 is 31.9 Å². The molecule has 4 heterocycles. The molecule has 0 bridgehead atoms. The molecular formula is C32H33F3N6O5. The van der Waals surface area contributed by atoms with Crippen LogP contribution in [0.15, 0.2) is 57.7 Å². The van der Waals surface area contributed by atoms with Gasteiger partial charge in [-0.05, 0) is 56.2 Å². The Morgan fingerprint density at radius 3 is 2.43 bits per heavy atom. The molecule has 0 spiro atoms. The van der Waals surface area contributed by atoms with E-state index in [9.17, 15) is 22.8 Å². The number of ether oxygens (including phenoxy) is 2. The molecule has 6 rings (SSSR count). The second-order valence-electron chi connectivity index (χ2n) is 11.2. The second kappa shape index (κ2) is 12.2. The molecule has 1 amide bonds. The van der Waals surface area contributed by atoms with Crippen LogP contribution >= 0.6 is 0 Å². The van der Waals surface area contributed by atoms with E-state index >= 15 is 0 Å². The SMILES string of the molecule is COCCn1c(=O)n(C2CCN(C(=O)c3nc(-c4ccc(OC)c5nc(C(F)(F)F)ccc45)oc3[C@@H](C)N)CC2)c2ccccc21. The first-order valence-electron chi connectivity index (χ1n) is 14.8. The van der Waals surface area contributed by atoms with Gasteiger partial charge in [-0.15, -0.1) is 0 Å². The summed E-state index contributed by atoms with van der Waals surface area (Å²) in [5.41, 5.74) is 7.00. The fourth-order valence-electron chi connectivity index (χ4n) is 6.07. The van der Waals surface area contributed by atoms with Crippen LogP contribution in [0.1, 0.15) is 53.8 Å². The normalized spacial score (nSPS) is 15.2. The largest absolute Gasteiger partial charge is 0.494 e. The third kappa shape index (κ3) is 5.51. The van der Waals surface area contributed by atoms with E-state index in [1.54, 1.807) is 34.1 Å². The topological polar surface area (TPSA) is 131 Å². The first-order chi connectivity index (χ1) is 22.0. The van der Waals surface area contributed by atoms with Gasteiger partial charge >= 0.3 is 11.9 Å². The molecule has 46 heavy (non-hydrogen) atoms. The molecule has 0 unspecified atom stereocenters. The monoisotopic (exact) mass is 638 g/mol. The molecule has 2 aromatic carbocycles. The maximum atomic E-state index is 13.8. The van der Waals surface area contributed by atoms with Gasteiger partial charge in [0, 0.05) is 37.2 Å². The van der Waals surface area contributed by atoms with Crippen LogP contribution in [0.5, 0.6) is 5.75 Å². The number of pyridine rings is 1. The first kappa shape index (κ1) is 31.3. The van der Waals surface area contributed by atoms with Crippen LogP contribution in [0, 0.1) is 0 Å². The quantitative estimate of drug-likeness (QED) is 0.246. The highest BCUT2D eigenvalue weighted by Crippen LogP contribution is 2.38. The standard InChI is InChI=1S/C32H33F3N6O5/c1-18(36)28-27(38-29(46-28)21-8-10-24(45-3)26-20(21)9-11-25(37-26)32(33,34)35)30(42)39-14-12-19(13-15-39)41-23-7-5-4-6-22(23)40(31(41)43)16-17-44-2/h4-11,18-19H,12-17,36H2,1-3H3/t18-/m1/s1. The number of rotatable bonds is 8. The molecule has 0 aliphatic carbocycles. The molecule has 0 radical (unpaired) electrons. The van der Waals surface area contributed by atoms with Crippen LogP contribution < -0.4 is 16.2 Å². The lowest BCUT2D eigenvalue weighted by molar-refractivity contribution is -0.140. The Labute approximate surface area is 261 Å². The van der Waals surface area contributed by atoms with E-state index in [1.165, 1.54) is 19.2 Å². The number of imidazole rings is 1. The van der Waals surface area contributed by atoms with Gasteiger partial charge in [0.2, 0.25) is 5.89 Å². The van der Waals surface area contributed by atoms with Crippen LogP contribution in [0.4, 0.5) is 13.2 Å². The fourth-order valence-corrected chi connectivity index (χ4v) is 6.07. The lowest BCUT2D eigenvalue weighted by Crippen LogP contribution is -2.41. The number of hydrogen-bond acceptors (Lipinski definition) is 8. The summed E-state index contributed by atoms with van der Waals surface area (Å²) in [5.74, 6) is -0.0617. The maximum absolute atomic E-state index is 13.8. The Morgan fingerprint density at radius 2 is 1.78 bits per heavy atom. The highest BCUT2D eigenvalue weighted by Gasteiger charge is 2.34. The van der Waals surface area contributed by atoms with Gasteiger partial charge in [0.1, 0.15) is 17.0 Å². The molecular weight excluding hydrogens is 605 g/mol. The van der Waals surface area contributed by atoms with Crippen molar-refractivity contribution in [3.05, 3.63) is 76.2 Å². The van der Waals surface area contributed by atoms with Crippen molar-refractivity contribution in [3.63, 3.8) is 0 Å². The van der Waals surface area contributed by atoms with Gasteiger partial charge in [-0.3, -0.25) is 13.9 Å². The summed E-state index contributed by atoms with van der Waals surface area (Å²) in [6.45, 7) is 3.22. The number of hydrogen-bond donors (Lipinski definition) is 1. The lowest BCUT2D eigenvalue weighted by atomic mass is 10.0. The maximum Gasteiger partial charge on any atom is 0.433 e. The van der Waals surface area contributed by atoms with Crippen molar-refractivity contribution >= 4 is 27.8 Å². The van der Waals surface area contributed by atoms with Crippen LogP contribution in [-0.4, -0.2) is 63.8 Å². The van der Waals surface area contributed by atoms with Gasteiger partial charge in [0.25, 0.3) is 5.91 Å². The number of alkyl halides is 3. The number of likely N-dealkylation sites (tertiary alicyclic amines) is 1. The summed E-state index contributed by atoms with van der Waals surface area (Å²) in [7, 11) is 2.93. The zero-order valence-corrected chi connectivity index (χ0v) is 25.5. The smallest absolute Gasteiger partial charge is 0.433 e. The third-order valence-corrected chi connectivity index (χ3v) is 8.34. The number of fused-ring (bicyclic) bond motifs is 2. The average Bonchev–Trinajstić information content (AvgIpc) is 3.61. The number of halogens is 3. The summed E-state index contributed by atoms with van der Waals surface area (Å²) < 4.78 is 60.3. The van der Waals surface area contributed by atoms with Crippen LogP contribution in [0.2, 0.25) is 0 Å². The summed E-state index contributed by atoms with van der Waals surface area (Å²) in [4.78, 5) is 37.3. The van der Waals surface area contributed by atoms with E-state index in [0.717, 1.165) is 17.1 Å². The number of methoxy groups -OCH3 is 2. The predicted molar refractivity (Wildman–Crippen MR) is 164 cm³/mol. The van der Waals surface area contributed by atoms with E-state index < -0.39 is 17.9 Å². The molecule has 11 nitrogen and oxygen atoms in total. The van der Waals surface area contributed by atoms with Gasteiger partial charge < -0.3 is 24.5 Å². The first-order valence-corrected chi connectivity index (χ1v) is 14.8. The van der Waals surface area contributed by atoms with E-state index in [4.69, 9.17) is 19.6 Å². The summed E-state index contributed by atoms with van der Waals surface area (Å²) in [6.07, 6.45) is -3.57. The number of nitrogens with zero attached hydrogens (tertiary/aromatic N) is 5. The van der Waals surface area contributed by atoms with Crippen molar-refractivity contribution in [2.75, 3.05) is 33.9 Å². The summed E-state index contributed by atoms with van der Waals surface area (Å²) in [5, 5.41) is 0.305. The number of benzene rings is 2. The van der Waals surface area contributed by atoms with Crippen LogP contribution in [-0.2, 0) is 17.5 Å². The number of para-hydroxylation sites is 2. The third-order valence-electron chi connectivity index (χ3n) is 8.34. The minimum Gasteiger partial charge on any atom is -0.494 e. The minimum atomic E-state index is -4.65. The molecule has 1 aliphatic rings. The fraction of sp³-hybridized carbons (Fsp3) is 0.375. The molecule has 1 atom stereocenters. The molecule has 0 saturated carbocycles. The minimum absolute atomic E-state index is 0.0233. The molecule has 1 fully saturated rings. The number of oxazole rings is 1. The van der Waals surface area contributed by atoms with Gasteiger partial charge in [-0.25, -0.2) is 14.8 Å². The van der Waals surface area contributed by atoms with Crippen molar-refractivity contribution in [1.82, 2.24) is 24.0 Å². The number of amides is 1. The van der Waals surface area contributed by atoms with Crippen molar-refractivity contribution in [3.8, 4) is 17.2 Å². The Bertz CT molecular complexity index is 1970. The summed E-state index contributed by atoms with van der Waals surface area (Å²) in [6, 6.07) is 12.0. The molecule has 242 valence electrons. The Balaban J connectivity index is 1.29. The zero-order valence-electron chi connectivity index (χ0n) is 25.5. The van der Waals surface area contributed by atoms with Crippen molar-refractivity contribution in [2.45, 2.75) is 44.6 Å². The molecule has 1 saturated heterocycles. The van der Waals surface area contributed by atoms with E-state index in [2.05, 4.69) is 9.97 Å². The second-order valence-corrected chi connectivity index (χ2v) is 11.2. The average molecular weight is 639 g/mol. The molecule has 2 N–H and O–H groups in total. The van der Waals surface area contributed by atoms with Crippen molar-refractivity contribution in [2.24, 2.45) is 5.73 Å². The Kier molecular flexibility index (Phi) is 8.33. The highest BCUT2D eigenvalue weighted by atomic mass is 19.4. The number of nitrogens with two attached hydrogens (primary N) is 1. The van der Waals surface area contributed by atoms with Gasteiger partial charge in [0.05, 0.1) is 37.3 Å². The van der Waals surface area contributed by atoms with E-state index in [0.29, 0.717) is 50.0 Å². The molecule has 1 aliphatic heterocycles. The van der Waals surface area contributed by atoms with Crippen molar-refractivity contribution in [1.29, 1.82) is 0 Å². The zero-order chi connectivity index (χ0) is 32.7. The van der Waals surface area contributed by atoms with E-state index in [1.807, 2.05) is 24.3 Å². The van der Waals surface area contributed by atoms with E-state index in [-0.39, 0.29) is 46.2 Å². The van der Waals surface area contributed by atoms with Gasteiger partial charge in [0.15, 0.2) is 11.5 Å². The number of carbonyl (C=O) groups is 1. The van der Waals surface area contributed by atoms with Gasteiger partial charge in [-0.2, -0.15) is 13.2 Å². The number of aromatic nitrogens is 4. The molecule has 3 aromatic heterocycles. The Hall–Kier alpha value is -4.69. The predicted octanol–water partition coefficient (Wildman–Crippen LogP) is 5.18. The lowest BCUT2D eigenvalue weighted by Gasteiger charge is -2.32. The number of carbonyl (C=O) groups excluding carboxylic acids is 1. The molecule has 14 heteroatoms.